The number of anilines is 1. The van der Waals surface area contributed by atoms with E-state index in [1.165, 1.54) is 5.56 Å². The maximum absolute atomic E-state index is 4.31. The highest BCUT2D eigenvalue weighted by atomic mass is 15.2. The molecule has 0 unspecified atom stereocenters. The first-order chi connectivity index (χ1) is 7.02. The zero-order valence-electron chi connectivity index (χ0n) is 10.3. The van der Waals surface area contributed by atoms with Crippen LogP contribution in [0.1, 0.15) is 11.3 Å². The summed E-state index contributed by atoms with van der Waals surface area (Å²) in [6, 6.07) is 0. The second kappa shape index (κ2) is 5.07. The lowest BCUT2D eigenvalue weighted by Crippen LogP contribution is -2.29. The molecule has 0 radical (unpaired) electrons. The zero-order chi connectivity index (χ0) is 11.4. The van der Waals surface area contributed by atoms with E-state index in [9.17, 15) is 0 Å². The highest BCUT2D eigenvalue weighted by molar-refractivity contribution is 5.46. The van der Waals surface area contributed by atoms with Crippen molar-refractivity contribution in [3.05, 3.63) is 17.6 Å². The molecule has 0 spiro atoms. The molecule has 0 aliphatic rings. The highest BCUT2D eigenvalue weighted by Gasteiger charge is 2.08. The van der Waals surface area contributed by atoms with Gasteiger partial charge in [0.25, 0.3) is 0 Å². The molecule has 1 aromatic heterocycles. The van der Waals surface area contributed by atoms with Gasteiger partial charge < -0.3 is 9.80 Å². The predicted octanol–water partition coefficient (Wildman–Crippen LogP) is 1.09. The molecule has 0 atom stereocenters. The van der Waals surface area contributed by atoms with Gasteiger partial charge in [0.15, 0.2) is 0 Å². The number of nitrogens with zero attached hydrogens (tertiary/aromatic N) is 4. The molecular formula is C11H20N4. The molecule has 1 heterocycles. The quantitative estimate of drug-likeness (QED) is 0.741. The van der Waals surface area contributed by atoms with E-state index in [-0.39, 0.29) is 0 Å². The third-order valence-corrected chi connectivity index (χ3v) is 2.55. The Kier molecular flexibility index (Phi) is 4.03. The molecule has 0 aromatic carbocycles. The second-order valence-electron chi connectivity index (χ2n) is 4.13. The molecule has 1 aromatic rings. The van der Waals surface area contributed by atoms with Crippen molar-refractivity contribution < 1.29 is 0 Å². The van der Waals surface area contributed by atoms with Crippen molar-refractivity contribution in [3.63, 3.8) is 0 Å². The normalized spacial score (nSPS) is 10.8. The summed E-state index contributed by atoms with van der Waals surface area (Å²) in [6.45, 7) is 6.08. The molecule has 0 amide bonds. The van der Waals surface area contributed by atoms with Crippen LogP contribution in [0.4, 0.5) is 5.82 Å². The molecule has 0 fully saturated rings. The van der Waals surface area contributed by atoms with Crippen LogP contribution in [0.2, 0.25) is 0 Å². The van der Waals surface area contributed by atoms with Crippen molar-refractivity contribution in [3.8, 4) is 0 Å². The fourth-order valence-electron chi connectivity index (χ4n) is 1.37. The fraction of sp³-hybridized carbons (Fsp3) is 0.636. The molecule has 0 aliphatic carbocycles. The Hall–Kier alpha value is -1.16. The van der Waals surface area contributed by atoms with Gasteiger partial charge in [0.2, 0.25) is 0 Å². The van der Waals surface area contributed by atoms with E-state index in [2.05, 4.69) is 47.8 Å². The van der Waals surface area contributed by atoms with E-state index in [1.807, 2.05) is 6.92 Å². The number of aryl methyl sites for hydroxylation is 1. The number of rotatable bonds is 4. The first-order valence-electron chi connectivity index (χ1n) is 5.16. The first kappa shape index (κ1) is 11.9. The summed E-state index contributed by atoms with van der Waals surface area (Å²) in [7, 11) is 6.22. The van der Waals surface area contributed by atoms with Crippen molar-refractivity contribution in [2.45, 2.75) is 13.8 Å². The molecule has 0 aliphatic heterocycles. The molecule has 1 rings (SSSR count). The van der Waals surface area contributed by atoms with E-state index in [0.29, 0.717) is 0 Å². The molecule has 84 valence electrons. The maximum Gasteiger partial charge on any atom is 0.134 e. The van der Waals surface area contributed by atoms with Gasteiger partial charge in [-0.2, -0.15) is 0 Å². The van der Waals surface area contributed by atoms with Gasteiger partial charge in [-0.1, -0.05) is 0 Å². The van der Waals surface area contributed by atoms with Crippen LogP contribution in [0.15, 0.2) is 6.33 Å². The van der Waals surface area contributed by atoms with Gasteiger partial charge in [-0.15, -0.1) is 0 Å². The van der Waals surface area contributed by atoms with Gasteiger partial charge in [-0.3, -0.25) is 0 Å². The molecule has 0 saturated heterocycles. The van der Waals surface area contributed by atoms with E-state index < -0.39 is 0 Å². The van der Waals surface area contributed by atoms with Gasteiger partial charge in [-0.05, 0) is 27.9 Å². The van der Waals surface area contributed by atoms with E-state index in [4.69, 9.17) is 0 Å². The van der Waals surface area contributed by atoms with Crippen LogP contribution in [0.5, 0.6) is 0 Å². The Bertz CT molecular complexity index is 322. The molecule has 15 heavy (non-hydrogen) atoms. The van der Waals surface area contributed by atoms with Crippen molar-refractivity contribution in [1.82, 2.24) is 14.9 Å². The van der Waals surface area contributed by atoms with Crippen LogP contribution >= 0.6 is 0 Å². The van der Waals surface area contributed by atoms with Gasteiger partial charge in [-0.25, -0.2) is 9.97 Å². The van der Waals surface area contributed by atoms with Gasteiger partial charge in [0, 0.05) is 31.4 Å². The number of aromatic nitrogens is 2. The lowest BCUT2D eigenvalue weighted by molar-refractivity contribution is 0.416. The number of likely N-dealkylation sites (N-methyl/N-ethyl adjacent to an activating group) is 2. The lowest BCUT2D eigenvalue weighted by atomic mass is 10.2. The number of hydrogen-bond acceptors (Lipinski definition) is 4. The SMILES string of the molecule is Cc1ncnc(N(C)CCN(C)C)c1C. The Balaban J connectivity index is 2.73. The Morgan fingerprint density at radius 2 is 1.73 bits per heavy atom. The summed E-state index contributed by atoms with van der Waals surface area (Å²) in [6.07, 6.45) is 1.63. The van der Waals surface area contributed by atoms with Gasteiger partial charge in [0.1, 0.15) is 12.1 Å². The topological polar surface area (TPSA) is 32.3 Å². The van der Waals surface area contributed by atoms with Crippen LogP contribution in [0.3, 0.4) is 0 Å². The third kappa shape index (κ3) is 3.16. The monoisotopic (exact) mass is 208 g/mol. The number of hydrogen-bond donors (Lipinski definition) is 0. The van der Waals surface area contributed by atoms with Crippen LogP contribution < -0.4 is 4.90 Å². The highest BCUT2D eigenvalue weighted by Crippen LogP contribution is 2.16. The maximum atomic E-state index is 4.31. The Morgan fingerprint density at radius 1 is 1.07 bits per heavy atom. The summed E-state index contributed by atoms with van der Waals surface area (Å²) in [5.74, 6) is 1.03. The molecule has 0 N–H and O–H groups in total. The van der Waals surface area contributed by atoms with Crippen molar-refractivity contribution in [2.24, 2.45) is 0 Å². The predicted molar refractivity (Wildman–Crippen MR) is 63.3 cm³/mol. The summed E-state index contributed by atoms with van der Waals surface area (Å²) in [4.78, 5) is 12.8. The first-order valence-corrected chi connectivity index (χ1v) is 5.16. The fourth-order valence-corrected chi connectivity index (χ4v) is 1.37. The third-order valence-electron chi connectivity index (χ3n) is 2.55. The van der Waals surface area contributed by atoms with E-state index >= 15 is 0 Å². The van der Waals surface area contributed by atoms with Crippen LogP contribution in [-0.4, -0.2) is 49.1 Å². The molecule has 4 heteroatoms. The van der Waals surface area contributed by atoms with Crippen LogP contribution in [0.25, 0.3) is 0 Å². The lowest BCUT2D eigenvalue weighted by Gasteiger charge is -2.22. The van der Waals surface area contributed by atoms with Crippen molar-refractivity contribution in [2.75, 3.05) is 39.1 Å². The minimum Gasteiger partial charge on any atom is -0.358 e. The minimum absolute atomic E-state index is 0.976. The Morgan fingerprint density at radius 3 is 2.33 bits per heavy atom. The molecule has 0 bridgehead atoms. The van der Waals surface area contributed by atoms with Crippen molar-refractivity contribution >= 4 is 5.82 Å². The van der Waals surface area contributed by atoms with E-state index in [0.717, 1.165) is 24.6 Å². The van der Waals surface area contributed by atoms with Gasteiger partial charge in [0.05, 0.1) is 0 Å². The summed E-state index contributed by atoms with van der Waals surface area (Å²) >= 11 is 0. The van der Waals surface area contributed by atoms with Gasteiger partial charge >= 0.3 is 0 Å². The minimum atomic E-state index is 0.976. The average Bonchev–Trinajstić information content (AvgIpc) is 2.18. The summed E-state index contributed by atoms with van der Waals surface area (Å²) < 4.78 is 0. The van der Waals surface area contributed by atoms with Crippen LogP contribution in [-0.2, 0) is 0 Å². The second-order valence-corrected chi connectivity index (χ2v) is 4.13. The molecule has 4 nitrogen and oxygen atoms in total. The smallest absolute Gasteiger partial charge is 0.134 e. The average molecular weight is 208 g/mol. The van der Waals surface area contributed by atoms with E-state index in [1.54, 1.807) is 6.33 Å². The Labute approximate surface area is 91.9 Å². The summed E-state index contributed by atoms with van der Waals surface area (Å²) in [5.41, 5.74) is 2.22. The zero-order valence-corrected chi connectivity index (χ0v) is 10.3. The molecular weight excluding hydrogens is 188 g/mol. The standard InChI is InChI=1S/C11H20N4/c1-9-10(2)12-8-13-11(9)15(5)7-6-14(3)4/h8H,6-7H2,1-5H3. The van der Waals surface area contributed by atoms with Crippen LogP contribution in [0, 0.1) is 13.8 Å². The molecule has 0 saturated carbocycles. The van der Waals surface area contributed by atoms with Crippen molar-refractivity contribution in [1.29, 1.82) is 0 Å². The largest absolute Gasteiger partial charge is 0.358 e. The summed E-state index contributed by atoms with van der Waals surface area (Å²) in [5, 5.41) is 0.